The van der Waals surface area contributed by atoms with Gasteiger partial charge in [0.05, 0.1) is 6.61 Å². The molecular formula is C11H14N4O. The van der Waals surface area contributed by atoms with Crippen LogP contribution in [0.4, 0.5) is 0 Å². The molecule has 0 bridgehead atoms. The number of H-pyrrole nitrogens is 1. The lowest BCUT2D eigenvalue weighted by Crippen LogP contribution is -2.11. The second-order valence-corrected chi connectivity index (χ2v) is 4.07. The topological polar surface area (TPSA) is 55.7 Å². The number of nitrogens with one attached hydrogen (secondary N) is 1. The Morgan fingerprint density at radius 1 is 1.44 bits per heavy atom. The highest BCUT2D eigenvalue weighted by Crippen LogP contribution is 2.18. The molecule has 1 atom stereocenters. The van der Waals surface area contributed by atoms with Crippen molar-refractivity contribution in [2.24, 2.45) is 5.92 Å². The van der Waals surface area contributed by atoms with Gasteiger partial charge < -0.3 is 14.3 Å². The van der Waals surface area contributed by atoms with Crippen LogP contribution < -0.4 is 0 Å². The molecule has 1 aliphatic rings. The molecule has 0 radical (unpaired) electrons. The Morgan fingerprint density at radius 2 is 2.44 bits per heavy atom. The summed E-state index contributed by atoms with van der Waals surface area (Å²) in [5.41, 5.74) is 0. The van der Waals surface area contributed by atoms with Crippen LogP contribution in [0.25, 0.3) is 11.6 Å². The third-order valence-corrected chi connectivity index (χ3v) is 2.90. The lowest BCUT2D eigenvalue weighted by molar-refractivity contribution is 0.182. The monoisotopic (exact) mass is 218 g/mol. The maximum absolute atomic E-state index is 5.38. The van der Waals surface area contributed by atoms with Crippen LogP contribution in [0.3, 0.4) is 0 Å². The number of rotatable bonds is 3. The maximum Gasteiger partial charge on any atom is 0.176 e. The van der Waals surface area contributed by atoms with E-state index in [1.54, 1.807) is 6.20 Å². The normalized spacial score (nSPS) is 20.4. The minimum absolute atomic E-state index is 0.600. The molecule has 1 saturated heterocycles. The second kappa shape index (κ2) is 4.09. The van der Waals surface area contributed by atoms with Crippen molar-refractivity contribution >= 4 is 0 Å². The van der Waals surface area contributed by atoms with Crippen LogP contribution in [0.1, 0.15) is 6.42 Å². The van der Waals surface area contributed by atoms with Gasteiger partial charge in [-0.3, -0.25) is 0 Å². The molecule has 0 amide bonds. The molecule has 0 spiro atoms. The van der Waals surface area contributed by atoms with Crippen LogP contribution >= 0.6 is 0 Å². The predicted octanol–water partition coefficient (Wildman–Crippen LogP) is 1.31. The molecule has 0 aromatic carbocycles. The van der Waals surface area contributed by atoms with E-state index in [4.69, 9.17) is 4.74 Å². The Balaban J connectivity index is 1.82. The minimum Gasteiger partial charge on any atom is -0.381 e. The summed E-state index contributed by atoms with van der Waals surface area (Å²) in [5, 5.41) is 0. The summed E-state index contributed by atoms with van der Waals surface area (Å²) in [7, 11) is 0. The largest absolute Gasteiger partial charge is 0.381 e. The molecule has 5 nitrogen and oxygen atoms in total. The van der Waals surface area contributed by atoms with Gasteiger partial charge in [-0.25, -0.2) is 9.97 Å². The van der Waals surface area contributed by atoms with Crippen molar-refractivity contribution < 1.29 is 4.74 Å². The Labute approximate surface area is 93.5 Å². The number of nitrogens with zero attached hydrogens (tertiary/aromatic N) is 3. The summed E-state index contributed by atoms with van der Waals surface area (Å²) in [4.78, 5) is 11.6. The molecule has 1 fully saturated rings. The molecule has 16 heavy (non-hydrogen) atoms. The molecule has 1 aliphatic heterocycles. The Kier molecular flexibility index (Phi) is 2.46. The summed E-state index contributed by atoms with van der Waals surface area (Å²) in [6, 6.07) is 0. The number of hydrogen-bond donors (Lipinski definition) is 1. The number of aromatic nitrogens is 4. The van der Waals surface area contributed by atoms with Gasteiger partial charge in [0.25, 0.3) is 0 Å². The summed E-state index contributed by atoms with van der Waals surface area (Å²) in [6.45, 7) is 2.70. The fourth-order valence-electron chi connectivity index (χ4n) is 2.07. The van der Waals surface area contributed by atoms with Gasteiger partial charge in [0.15, 0.2) is 11.6 Å². The van der Waals surface area contributed by atoms with Crippen molar-refractivity contribution in [2.75, 3.05) is 13.2 Å². The van der Waals surface area contributed by atoms with Crippen molar-refractivity contribution in [3.63, 3.8) is 0 Å². The molecule has 2 aromatic rings. The fraction of sp³-hybridized carbons (Fsp3) is 0.455. The Hall–Kier alpha value is -1.62. The first kappa shape index (κ1) is 9.59. The smallest absolute Gasteiger partial charge is 0.176 e. The van der Waals surface area contributed by atoms with E-state index < -0.39 is 0 Å². The zero-order valence-corrected chi connectivity index (χ0v) is 8.97. The minimum atomic E-state index is 0.600. The fourth-order valence-corrected chi connectivity index (χ4v) is 2.07. The quantitative estimate of drug-likeness (QED) is 0.845. The highest BCUT2D eigenvalue weighted by atomic mass is 16.5. The van der Waals surface area contributed by atoms with E-state index in [0.29, 0.717) is 5.92 Å². The molecule has 84 valence electrons. The number of imidazole rings is 2. The molecule has 1 N–H and O–H groups in total. The molecule has 2 aromatic heterocycles. The summed E-state index contributed by atoms with van der Waals surface area (Å²) in [5.74, 6) is 2.32. The van der Waals surface area contributed by atoms with Gasteiger partial charge in [-0.1, -0.05) is 0 Å². The molecular weight excluding hydrogens is 204 g/mol. The van der Waals surface area contributed by atoms with Crippen molar-refractivity contribution in [3.8, 4) is 11.6 Å². The van der Waals surface area contributed by atoms with Crippen molar-refractivity contribution in [3.05, 3.63) is 24.8 Å². The van der Waals surface area contributed by atoms with E-state index in [1.165, 1.54) is 0 Å². The standard InChI is InChI=1S/C11H14N4O/c1-6-16-8-9(1)7-15-5-4-14-11(15)10-12-2-3-13-10/h2-5,9H,1,6-8H2,(H,12,13). The van der Waals surface area contributed by atoms with Gasteiger partial charge in [0, 0.05) is 43.9 Å². The lowest BCUT2D eigenvalue weighted by Gasteiger charge is -2.10. The number of hydrogen-bond acceptors (Lipinski definition) is 3. The Morgan fingerprint density at radius 3 is 3.19 bits per heavy atom. The van der Waals surface area contributed by atoms with E-state index in [1.807, 2.05) is 18.6 Å². The van der Waals surface area contributed by atoms with Gasteiger partial charge in [0.1, 0.15) is 0 Å². The summed E-state index contributed by atoms with van der Waals surface area (Å²) in [6.07, 6.45) is 8.50. The second-order valence-electron chi connectivity index (χ2n) is 4.07. The van der Waals surface area contributed by atoms with E-state index >= 15 is 0 Å². The Bertz CT molecular complexity index is 442. The zero-order chi connectivity index (χ0) is 10.8. The van der Waals surface area contributed by atoms with Crippen LogP contribution in [-0.4, -0.2) is 32.7 Å². The number of ether oxygens (including phenoxy) is 1. The first-order valence-corrected chi connectivity index (χ1v) is 5.52. The van der Waals surface area contributed by atoms with E-state index in [-0.39, 0.29) is 0 Å². The van der Waals surface area contributed by atoms with Crippen LogP contribution in [0.5, 0.6) is 0 Å². The van der Waals surface area contributed by atoms with Crippen molar-refractivity contribution in [1.82, 2.24) is 19.5 Å². The van der Waals surface area contributed by atoms with E-state index in [0.717, 1.165) is 37.8 Å². The summed E-state index contributed by atoms with van der Waals surface area (Å²) >= 11 is 0. The van der Waals surface area contributed by atoms with Gasteiger partial charge in [0.2, 0.25) is 0 Å². The third kappa shape index (κ3) is 1.74. The van der Waals surface area contributed by atoms with Crippen LogP contribution in [0, 0.1) is 5.92 Å². The van der Waals surface area contributed by atoms with Crippen LogP contribution in [-0.2, 0) is 11.3 Å². The molecule has 3 heterocycles. The SMILES string of the molecule is c1c[nH]c(-c2nccn2CC2CCOC2)n1. The van der Waals surface area contributed by atoms with Gasteiger partial charge in [-0.2, -0.15) is 0 Å². The maximum atomic E-state index is 5.38. The first-order valence-electron chi connectivity index (χ1n) is 5.52. The highest BCUT2D eigenvalue weighted by Gasteiger charge is 2.18. The van der Waals surface area contributed by atoms with Crippen molar-refractivity contribution in [1.29, 1.82) is 0 Å². The van der Waals surface area contributed by atoms with Gasteiger partial charge in [-0.15, -0.1) is 0 Å². The molecule has 5 heteroatoms. The van der Waals surface area contributed by atoms with E-state index in [2.05, 4.69) is 19.5 Å². The predicted molar refractivity (Wildman–Crippen MR) is 58.7 cm³/mol. The first-order chi connectivity index (χ1) is 7.93. The zero-order valence-electron chi connectivity index (χ0n) is 8.97. The average Bonchev–Trinajstić information content (AvgIpc) is 2.98. The summed E-state index contributed by atoms with van der Waals surface area (Å²) < 4.78 is 7.52. The van der Waals surface area contributed by atoms with Crippen LogP contribution in [0.2, 0.25) is 0 Å². The highest BCUT2D eigenvalue weighted by molar-refractivity contribution is 5.43. The number of aromatic amines is 1. The lowest BCUT2D eigenvalue weighted by atomic mass is 10.1. The average molecular weight is 218 g/mol. The van der Waals surface area contributed by atoms with Gasteiger partial charge >= 0.3 is 0 Å². The molecule has 0 saturated carbocycles. The molecule has 1 unspecified atom stereocenters. The van der Waals surface area contributed by atoms with Gasteiger partial charge in [-0.05, 0) is 6.42 Å². The van der Waals surface area contributed by atoms with Crippen molar-refractivity contribution in [2.45, 2.75) is 13.0 Å². The molecule has 0 aliphatic carbocycles. The van der Waals surface area contributed by atoms with Crippen LogP contribution in [0.15, 0.2) is 24.8 Å². The molecule has 3 rings (SSSR count). The van der Waals surface area contributed by atoms with E-state index in [9.17, 15) is 0 Å². The third-order valence-electron chi connectivity index (χ3n) is 2.90.